The standard InChI is InChI=1S/C19H24O2/c1-5-19(4,15-9-10-16(2)3)21-18(20)14-13-17-11-7-6-8-12-17/h5-8,10-14H,1,9,15H2,2-4H3/b14-13+/t19-/m1/s1. The molecule has 0 radical (unpaired) electrons. The Balaban J connectivity index is 2.59. The van der Waals surface area contributed by atoms with E-state index in [1.807, 2.05) is 37.3 Å². The van der Waals surface area contributed by atoms with E-state index < -0.39 is 5.60 Å². The zero-order chi connectivity index (χ0) is 15.7. The van der Waals surface area contributed by atoms with E-state index in [1.165, 1.54) is 11.6 Å². The second kappa shape index (κ2) is 8.25. The number of benzene rings is 1. The van der Waals surface area contributed by atoms with E-state index in [2.05, 4.69) is 26.5 Å². The highest BCUT2D eigenvalue weighted by Gasteiger charge is 2.23. The van der Waals surface area contributed by atoms with Gasteiger partial charge in [0.25, 0.3) is 0 Å². The van der Waals surface area contributed by atoms with Crippen molar-refractivity contribution in [3.05, 3.63) is 66.3 Å². The van der Waals surface area contributed by atoms with Gasteiger partial charge < -0.3 is 4.74 Å². The van der Waals surface area contributed by atoms with Crippen molar-refractivity contribution in [3.63, 3.8) is 0 Å². The molecule has 21 heavy (non-hydrogen) atoms. The Labute approximate surface area is 127 Å². The summed E-state index contributed by atoms with van der Waals surface area (Å²) in [5, 5.41) is 0. The maximum atomic E-state index is 11.9. The Morgan fingerprint density at radius 2 is 1.95 bits per heavy atom. The van der Waals surface area contributed by atoms with Crippen LogP contribution in [0.2, 0.25) is 0 Å². The topological polar surface area (TPSA) is 26.3 Å². The van der Waals surface area contributed by atoms with Gasteiger partial charge in [-0.2, -0.15) is 0 Å². The van der Waals surface area contributed by atoms with Crippen LogP contribution < -0.4 is 0 Å². The molecule has 2 heteroatoms. The first-order valence-electron chi connectivity index (χ1n) is 7.18. The van der Waals surface area contributed by atoms with Crippen LogP contribution >= 0.6 is 0 Å². The zero-order valence-corrected chi connectivity index (χ0v) is 13.1. The van der Waals surface area contributed by atoms with Crippen molar-refractivity contribution in [2.75, 3.05) is 0 Å². The second-order valence-electron chi connectivity index (χ2n) is 5.50. The van der Waals surface area contributed by atoms with Gasteiger partial charge in [0.2, 0.25) is 0 Å². The van der Waals surface area contributed by atoms with Gasteiger partial charge in [-0.3, -0.25) is 0 Å². The fourth-order valence-electron chi connectivity index (χ4n) is 1.83. The Kier molecular flexibility index (Phi) is 6.67. The summed E-state index contributed by atoms with van der Waals surface area (Å²) in [6.45, 7) is 9.77. The molecule has 0 aliphatic rings. The SMILES string of the molecule is C=C[C@](C)(CCC=C(C)C)OC(=O)/C=C/c1ccccc1. The third kappa shape index (κ3) is 6.75. The molecule has 0 bridgehead atoms. The van der Waals surface area contributed by atoms with Crippen molar-refractivity contribution < 1.29 is 9.53 Å². The number of hydrogen-bond donors (Lipinski definition) is 0. The Hall–Kier alpha value is -2.09. The first-order chi connectivity index (χ1) is 9.95. The van der Waals surface area contributed by atoms with E-state index >= 15 is 0 Å². The maximum Gasteiger partial charge on any atom is 0.331 e. The van der Waals surface area contributed by atoms with Crippen molar-refractivity contribution >= 4 is 12.0 Å². The summed E-state index contributed by atoms with van der Waals surface area (Å²) in [5.41, 5.74) is 1.60. The third-order valence-corrected chi connectivity index (χ3v) is 3.17. The van der Waals surface area contributed by atoms with Crippen molar-refractivity contribution in [3.8, 4) is 0 Å². The van der Waals surface area contributed by atoms with Gasteiger partial charge in [-0.15, -0.1) is 0 Å². The van der Waals surface area contributed by atoms with Gasteiger partial charge in [0.05, 0.1) is 0 Å². The number of carbonyl (C=O) groups is 1. The number of carbonyl (C=O) groups excluding carboxylic acids is 1. The van der Waals surface area contributed by atoms with E-state index in [-0.39, 0.29) is 5.97 Å². The fraction of sp³-hybridized carbons (Fsp3) is 0.316. The summed E-state index contributed by atoms with van der Waals surface area (Å²) < 4.78 is 5.52. The molecule has 0 aliphatic heterocycles. The van der Waals surface area contributed by atoms with Crippen LogP contribution in [0.1, 0.15) is 39.2 Å². The molecule has 0 heterocycles. The van der Waals surface area contributed by atoms with Crippen LogP contribution in [0.15, 0.2) is 60.7 Å². The molecule has 0 amide bonds. The molecule has 0 spiro atoms. The van der Waals surface area contributed by atoms with E-state index in [0.29, 0.717) is 0 Å². The molecular weight excluding hydrogens is 260 g/mol. The minimum absolute atomic E-state index is 0.349. The van der Waals surface area contributed by atoms with Gasteiger partial charge in [0.15, 0.2) is 0 Å². The predicted octanol–water partition coefficient (Wildman–Crippen LogP) is 4.93. The lowest BCUT2D eigenvalue weighted by molar-refractivity contribution is -0.147. The van der Waals surface area contributed by atoms with E-state index in [0.717, 1.165) is 18.4 Å². The van der Waals surface area contributed by atoms with Crippen LogP contribution in [-0.2, 0) is 9.53 Å². The molecule has 0 saturated heterocycles. The maximum absolute atomic E-state index is 11.9. The zero-order valence-electron chi connectivity index (χ0n) is 13.1. The Morgan fingerprint density at radius 3 is 2.52 bits per heavy atom. The first-order valence-corrected chi connectivity index (χ1v) is 7.18. The largest absolute Gasteiger partial charge is 0.452 e. The molecule has 0 fully saturated rings. The lowest BCUT2D eigenvalue weighted by atomic mass is 9.99. The molecule has 0 aromatic heterocycles. The summed E-state index contributed by atoms with van der Waals surface area (Å²) >= 11 is 0. The minimum Gasteiger partial charge on any atom is -0.452 e. The summed E-state index contributed by atoms with van der Waals surface area (Å²) in [6, 6.07) is 9.67. The molecule has 0 aliphatic carbocycles. The Bertz CT molecular complexity index is 522. The van der Waals surface area contributed by atoms with Gasteiger partial charge in [0.1, 0.15) is 5.60 Å². The molecule has 0 saturated carbocycles. The minimum atomic E-state index is -0.635. The lowest BCUT2D eigenvalue weighted by Gasteiger charge is -2.25. The van der Waals surface area contributed by atoms with Gasteiger partial charge >= 0.3 is 5.97 Å². The third-order valence-electron chi connectivity index (χ3n) is 3.17. The van der Waals surface area contributed by atoms with Crippen LogP contribution in [0.4, 0.5) is 0 Å². The molecule has 1 aromatic carbocycles. The highest BCUT2D eigenvalue weighted by Crippen LogP contribution is 2.20. The number of ether oxygens (including phenoxy) is 1. The molecule has 0 N–H and O–H groups in total. The average molecular weight is 284 g/mol. The van der Waals surface area contributed by atoms with Crippen LogP contribution in [0.3, 0.4) is 0 Å². The smallest absolute Gasteiger partial charge is 0.331 e. The number of esters is 1. The first kappa shape index (κ1) is 17.0. The van der Waals surface area contributed by atoms with Crippen molar-refractivity contribution in [2.24, 2.45) is 0 Å². The highest BCUT2D eigenvalue weighted by atomic mass is 16.6. The molecule has 1 aromatic rings. The molecule has 1 atom stereocenters. The number of rotatable bonds is 7. The van der Waals surface area contributed by atoms with E-state index in [1.54, 1.807) is 12.2 Å². The van der Waals surface area contributed by atoms with Crippen LogP contribution in [0.25, 0.3) is 6.08 Å². The van der Waals surface area contributed by atoms with E-state index in [9.17, 15) is 4.79 Å². The molecule has 0 unspecified atom stereocenters. The van der Waals surface area contributed by atoms with Gasteiger partial charge in [-0.25, -0.2) is 4.79 Å². The van der Waals surface area contributed by atoms with E-state index in [4.69, 9.17) is 4.74 Å². The molecular formula is C19H24O2. The molecule has 1 rings (SSSR count). The summed E-state index contributed by atoms with van der Waals surface area (Å²) in [7, 11) is 0. The molecule has 2 nitrogen and oxygen atoms in total. The monoisotopic (exact) mass is 284 g/mol. The van der Waals surface area contributed by atoms with Gasteiger partial charge in [-0.05, 0) is 51.3 Å². The van der Waals surface area contributed by atoms with Gasteiger partial charge in [-0.1, -0.05) is 48.6 Å². The van der Waals surface area contributed by atoms with Crippen LogP contribution in [0.5, 0.6) is 0 Å². The average Bonchev–Trinajstić information content (AvgIpc) is 2.46. The fourth-order valence-corrected chi connectivity index (χ4v) is 1.83. The predicted molar refractivity (Wildman–Crippen MR) is 88.8 cm³/mol. The van der Waals surface area contributed by atoms with Crippen LogP contribution in [-0.4, -0.2) is 11.6 Å². The lowest BCUT2D eigenvalue weighted by Crippen LogP contribution is -2.28. The summed E-state index contributed by atoms with van der Waals surface area (Å²) in [6.07, 6.45) is 8.63. The normalized spacial score (nSPS) is 13.5. The van der Waals surface area contributed by atoms with Crippen molar-refractivity contribution in [1.29, 1.82) is 0 Å². The van der Waals surface area contributed by atoms with Gasteiger partial charge in [0, 0.05) is 6.08 Å². The highest BCUT2D eigenvalue weighted by molar-refractivity contribution is 5.87. The summed E-state index contributed by atoms with van der Waals surface area (Å²) in [4.78, 5) is 11.9. The number of allylic oxidation sites excluding steroid dienone is 2. The van der Waals surface area contributed by atoms with Crippen molar-refractivity contribution in [1.82, 2.24) is 0 Å². The molecule has 112 valence electrons. The Morgan fingerprint density at radius 1 is 1.29 bits per heavy atom. The van der Waals surface area contributed by atoms with Crippen LogP contribution in [0, 0.1) is 0 Å². The quantitative estimate of drug-likeness (QED) is 0.403. The second-order valence-corrected chi connectivity index (χ2v) is 5.50. The number of hydrogen-bond acceptors (Lipinski definition) is 2. The van der Waals surface area contributed by atoms with Crippen molar-refractivity contribution in [2.45, 2.75) is 39.2 Å². The summed E-state index contributed by atoms with van der Waals surface area (Å²) in [5.74, 6) is -0.349.